The second-order valence-corrected chi connectivity index (χ2v) is 4.49. The number of hydrogen-bond acceptors (Lipinski definition) is 2. The maximum absolute atomic E-state index is 13.2. The molecule has 0 fully saturated rings. The van der Waals surface area contributed by atoms with Gasteiger partial charge in [0.1, 0.15) is 11.6 Å². The molecule has 0 bridgehead atoms. The molecule has 2 aromatic rings. The van der Waals surface area contributed by atoms with E-state index in [0.717, 1.165) is 6.07 Å². The lowest BCUT2D eigenvalue weighted by atomic mass is 10.0. The van der Waals surface area contributed by atoms with Crippen LogP contribution in [0, 0.1) is 11.6 Å². The Morgan fingerprint density at radius 1 is 1.16 bits per heavy atom. The highest BCUT2D eigenvalue weighted by molar-refractivity contribution is 6.30. The molecule has 2 aromatic carbocycles. The van der Waals surface area contributed by atoms with Gasteiger partial charge in [-0.05, 0) is 35.9 Å². The molecule has 0 aliphatic heterocycles. The summed E-state index contributed by atoms with van der Waals surface area (Å²) >= 11 is 5.55. The monoisotopic (exact) mass is 281 g/mol. The van der Waals surface area contributed by atoms with Gasteiger partial charge in [-0.15, -0.1) is 0 Å². The molecule has 0 amide bonds. The second kappa shape index (κ2) is 5.36. The van der Waals surface area contributed by atoms with Crippen molar-refractivity contribution in [3.63, 3.8) is 0 Å². The van der Waals surface area contributed by atoms with Crippen molar-refractivity contribution in [2.24, 2.45) is 0 Å². The number of anilines is 1. The summed E-state index contributed by atoms with van der Waals surface area (Å²) in [6.07, 6.45) is -0.0677. The van der Waals surface area contributed by atoms with Crippen LogP contribution in [0.1, 0.15) is 15.9 Å². The van der Waals surface area contributed by atoms with E-state index in [-0.39, 0.29) is 28.5 Å². The van der Waals surface area contributed by atoms with Gasteiger partial charge in [0.25, 0.3) is 0 Å². The topological polar surface area (TPSA) is 43.1 Å². The van der Waals surface area contributed by atoms with E-state index < -0.39 is 11.6 Å². The Hall–Kier alpha value is -1.94. The zero-order valence-electron chi connectivity index (χ0n) is 9.79. The van der Waals surface area contributed by atoms with Crippen LogP contribution in [0.3, 0.4) is 0 Å². The van der Waals surface area contributed by atoms with Gasteiger partial charge in [0.05, 0.1) is 5.02 Å². The first kappa shape index (κ1) is 13.5. The number of carbonyl (C=O) groups excluding carboxylic acids is 1. The minimum atomic E-state index is -0.598. The standard InChI is InChI=1S/C14H10ClF2NO/c15-11-3-1-8(5-12(11)17)6-14(19)10-7-9(16)2-4-13(10)18/h1-5,7H,6,18H2. The summed E-state index contributed by atoms with van der Waals surface area (Å²) in [4.78, 5) is 12.0. The smallest absolute Gasteiger partial charge is 0.169 e. The van der Waals surface area contributed by atoms with Crippen LogP contribution in [-0.2, 0) is 6.42 Å². The van der Waals surface area contributed by atoms with Crippen molar-refractivity contribution in [3.05, 3.63) is 64.2 Å². The summed E-state index contributed by atoms with van der Waals surface area (Å²) in [6, 6.07) is 7.66. The fourth-order valence-corrected chi connectivity index (χ4v) is 1.82. The van der Waals surface area contributed by atoms with Crippen molar-refractivity contribution in [2.75, 3.05) is 5.73 Å². The zero-order valence-corrected chi connectivity index (χ0v) is 10.5. The molecule has 0 saturated carbocycles. The maximum Gasteiger partial charge on any atom is 0.169 e. The average Bonchev–Trinajstić information content (AvgIpc) is 2.36. The number of ketones is 1. The Morgan fingerprint density at radius 3 is 2.58 bits per heavy atom. The van der Waals surface area contributed by atoms with Crippen LogP contribution < -0.4 is 5.73 Å². The fourth-order valence-electron chi connectivity index (χ4n) is 1.70. The molecule has 0 saturated heterocycles. The second-order valence-electron chi connectivity index (χ2n) is 4.08. The highest BCUT2D eigenvalue weighted by Gasteiger charge is 2.12. The van der Waals surface area contributed by atoms with Gasteiger partial charge in [0.2, 0.25) is 0 Å². The van der Waals surface area contributed by atoms with Gasteiger partial charge in [0.15, 0.2) is 5.78 Å². The molecule has 0 atom stereocenters. The molecule has 0 aliphatic rings. The number of nitrogens with two attached hydrogens (primary N) is 1. The van der Waals surface area contributed by atoms with Gasteiger partial charge in [-0.1, -0.05) is 17.7 Å². The number of carbonyl (C=O) groups is 1. The summed E-state index contributed by atoms with van der Waals surface area (Å²) in [5, 5.41) is -0.0125. The molecule has 0 spiro atoms. The first-order chi connectivity index (χ1) is 8.97. The quantitative estimate of drug-likeness (QED) is 0.690. The molecule has 2 N–H and O–H groups in total. The minimum Gasteiger partial charge on any atom is -0.398 e. The van der Waals surface area contributed by atoms with E-state index >= 15 is 0 Å². The molecule has 0 aliphatic carbocycles. The van der Waals surface area contributed by atoms with E-state index in [4.69, 9.17) is 17.3 Å². The summed E-state index contributed by atoms with van der Waals surface area (Å²) in [7, 11) is 0. The van der Waals surface area contributed by atoms with E-state index in [1.807, 2.05) is 0 Å². The lowest BCUT2D eigenvalue weighted by Gasteiger charge is -2.06. The van der Waals surface area contributed by atoms with Crippen LogP contribution >= 0.6 is 11.6 Å². The van der Waals surface area contributed by atoms with E-state index in [1.54, 1.807) is 6.07 Å². The Kier molecular flexibility index (Phi) is 3.81. The Labute approximate surface area is 113 Å². The average molecular weight is 282 g/mol. The summed E-state index contributed by atoms with van der Waals surface area (Å²) in [5.74, 6) is -1.52. The van der Waals surface area contributed by atoms with Crippen molar-refractivity contribution in [1.82, 2.24) is 0 Å². The van der Waals surface area contributed by atoms with Crippen molar-refractivity contribution < 1.29 is 13.6 Å². The lowest BCUT2D eigenvalue weighted by molar-refractivity contribution is 0.0993. The minimum absolute atomic E-state index is 0.0125. The summed E-state index contributed by atoms with van der Waals surface area (Å²) in [5.41, 5.74) is 6.36. The fraction of sp³-hybridized carbons (Fsp3) is 0.0714. The van der Waals surface area contributed by atoms with Crippen LogP contribution in [0.4, 0.5) is 14.5 Å². The molecule has 2 nitrogen and oxygen atoms in total. The first-order valence-corrected chi connectivity index (χ1v) is 5.87. The summed E-state index contributed by atoms with van der Waals surface area (Å²) in [6.45, 7) is 0. The SMILES string of the molecule is Nc1ccc(F)cc1C(=O)Cc1ccc(Cl)c(F)c1. The number of nitrogen functional groups attached to an aromatic ring is 1. The largest absolute Gasteiger partial charge is 0.398 e. The van der Waals surface area contributed by atoms with Crippen molar-refractivity contribution >= 4 is 23.1 Å². The van der Waals surface area contributed by atoms with Crippen LogP contribution in [0.2, 0.25) is 5.02 Å². The molecule has 5 heteroatoms. The molecular weight excluding hydrogens is 272 g/mol. The van der Waals surface area contributed by atoms with E-state index in [2.05, 4.69) is 0 Å². The maximum atomic E-state index is 13.2. The van der Waals surface area contributed by atoms with Gasteiger partial charge in [-0.25, -0.2) is 8.78 Å². The predicted octanol–water partition coefficient (Wildman–Crippen LogP) is 3.63. The highest BCUT2D eigenvalue weighted by Crippen LogP contribution is 2.19. The van der Waals surface area contributed by atoms with Gasteiger partial charge < -0.3 is 5.73 Å². The number of rotatable bonds is 3. The first-order valence-electron chi connectivity index (χ1n) is 5.49. The third kappa shape index (κ3) is 3.09. The Bertz CT molecular complexity index is 643. The normalized spacial score (nSPS) is 10.5. The van der Waals surface area contributed by atoms with Crippen LogP contribution in [0.5, 0.6) is 0 Å². The Morgan fingerprint density at radius 2 is 1.89 bits per heavy atom. The van der Waals surface area contributed by atoms with Gasteiger partial charge >= 0.3 is 0 Å². The van der Waals surface area contributed by atoms with E-state index in [9.17, 15) is 13.6 Å². The molecule has 0 radical (unpaired) electrons. The molecular formula is C14H10ClF2NO. The molecule has 0 heterocycles. The third-order valence-corrected chi connectivity index (χ3v) is 2.97. The predicted molar refractivity (Wildman–Crippen MR) is 70.3 cm³/mol. The number of benzene rings is 2. The summed E-state index contributed by atoms with van der Waals surface area (Å²) < 4.78 is 26.3. The molecule has 98 valence electrons. The van der Waals surface area contributed by atoms with Crippen LogP contribution in [0.25, 0.3) is 0 Å². The van der Waals surface area contributed by atoms with Gasteiger partial charge in [0, 0.05) is 17.7 Å². The number of halogens is 3. The molecule has 19 heavy (non-hydrogen) atoms. The lowest BCUT2D eigenvalue weighted by Crippen LogP contribution is -2.07. The van der Waals surface area contributed by atoms with Gasteiger partial charge in [-0.2, -0.15) is 0 Å². The molecule has 2 rings (SSSR count). The number of hydrogen-bond donors (Lipinski definition) is 1. The van der Waals surface area contributed by atoms with Crippen LogP contribution in [0.15, 0.2) is 36.4 Å². The molecule has 0 aromatic heterocycles. The molecule has 0 unspecified atom stereocenters. The Balaban J connectivity index is 2.25. The van der Waals surface area contributed by atoms with Crippen molar-refractivity contribution in [2.45, 2.75) is 6.42 Å². The van der Waals surface area contributed by atoms with Crippen molar-refractivity contribution in [1.29, 1.82) is 0 Å². The van der Waals surface area contributed by atoms with Crippen molar-refractivity contribution in [3.8, 4) is 0 Å². The van der Waals surface area contributed by atoms with Crippen LogP contribution in [-0.4, -0.2) is 5.78 Å². The van der Waals surface area contributed by atoms with E-state index in [1.165, 1.54) is 24.3 Å². The zero-order chi connectivity index (χ0) is 14.0. The van der Waals surface area contributed by atoms with E-state index in [0.29, 0.717) is 5.56 Å². The third-order valence-electron chi connectivity index (χ3n) is 2.66. The number of Topliss-reactive ketones (excluding diaryl/α,β-unsaturated/α-hetero) is 1. The van der Waals surface area contributed by atoms with Gasteiger partial charge in [-0.3, -0.25) is 4.79 Å². The highest BCUT2D eigenvalue weighted by atomic mass is 35.5.